The van der Waals surface area contributed by atoms with Crippen LogP contribution < -0.4 is 16.3 Å². The first kappa shape index (κ1) is 26.9. The molecular weight excluding hydrogens is 542 g/mol. The number of thioether (sulfide) groups is 1. The van der Waals surface area contributed by atoms with Crippen molar-refractivity contribution in [1.82, 2.24) is 10.2 Å². The Morgan fingerprint density at radius 1 is 1.05 bits per heavy atom. The maximum Gasteiger partial charge on any atom is 0.349 e. The van der Waals surface area contributed by atoms with E-state index in [2.05, 4.69) is 10.6 Å². The van der Waals surface area contributed by atoms with Gasteiger partial charge in [0.2, 0.25) is 11.8 Å². The summed E-state index contributed by atoms with van der Waals surface area (Å²) in [6.07, 6.45) is -0.211. The fourth-order valence-corrected chi connectivity index (χ4v) is 6.57. The van der Waals surface area contributed by atoms with E-state index in [-0.39, 0.29) is 34.2 Å². The lowest BCUT2D eigenvalue weighted by Gasteiger charge is -2.43. The number of nitrogens with one attached hydrogen (secondary N) is 2. The summed E-state index contributed by atoms with van der Waals surface area (Å²) in [5, 5.41) is 23.8. The zero-order valence-corrected chi connectivity index (χ0v) is 22.0. The van der Waals surface area contributed by atoms with E-state index in [1.807, 2.05) is 0 Å². The van der Waals surface area contributed by atoms with Crippen molar-refractivity contribution in [3.8, 4) is 0 Å². The number of carboxylic acid groups (broad SMARTS) is 2. The molecule has 3 amide bonds. The lowest BCUT2D eigenvalue weighted by atomic mass is 9.96. The quantitative estimate of drug-likeness (QED) is 0.244. The molecule has 12 nitrogen and oxygen atoms in total. The van der Waals surface area contributed by atoms with Crippen LogP contribution in [0, 0.1) is 0 Å². The van der Waals surface area contributed by atoms with Crippen LogP contribution in [0.5, 0.6) is 0 Å². The number of hydrogen-bond acceptors (Lipinski definition) is 8. The third-order valence-corrected chi connectivity index (χ3v) is 8.40. The second-order valence-electron chi connectivity index (χ2n) is 9.94. The van der Waals surface area contributed by atoms with E-state index in [9.17, 15) is 39.0 Å². The Labute approximate surface area is 230 Å². The Morgan fingerprint density at radius 2 is 1.77 bits per heavy atom. The highest BCUT2D eigenvalue weighted by molar-refractivity contribution is 8.01. The van der Waals surface area contributed by atoms with Crippen molar-refractivity contribution in [1.29, 1.82) is 0 Å². The number of nitrogens with zero attached hydrogens (tertiary/aromatic N) is 1. The fourth-order valence-electron chi connectivity index (χ4n) is 4.94. The molecule has 40 heavy (non-hydrogen) atoms. The van der Waals surface area contributed by atoms with E-state index in [1.54, 1.807) is 32.0 Å². The number of hydrogen-bond donors (Lipinski definition) is 4. The number of carbonyl (C=O) groups is 5. The summed E-state index contributed by atoms with van der Waals surface area (Å²) in [4.78, 5) is 75.3. The van der Waals surface area contributed by atoms with Crippen LogP contribution in [0.3, 0.4) is 0 Å². The Hall–Kier alpha value is -4.65. The molecule has 13 heteroatoms. The number of carboxylic acids is 2. The average Bonchev–Trinajstić information content (AvgIpc) is 3.15. The predicted molar refractivity (Wildman–Crippen MR) is 143 cm³/mol. The smallest absolute Gasteiger partial charge is 0.349 e. The van der Waals surface area contributed by atoms with Gasteiger partial charge in [0.15, 0.2) is 0 Å². The van der Waals surface area contributed by atoms with Crippen molar-refractivity contribution in [2.45, 2.75) is 42.5 Å². The number of aromatic carboxylic acids is 1. The maximum atomic E-state index is 13.0. The molecule has 206 valence electrons. The van der Waals surface area contributed by atoms with E-state index in [0.29, 0.717) is 5.56 Å². The second kappa shape index (κ2) is 9.83. The number of anilines is 1. The van der Waals surface area contributed by atoms with Crippen LogP contribution in [-0.2, 0) is 20.8 Å². The van der Waals surface area contributed by atoms with Gasteiger partial charge in [0.1, 0.15) is 28.6 Å². The second-order valence-corrected chi connectivity index (χ2v) is 11.7. The van der Waals surface area contributed by atoms with Gasteiger partial charge in [0, 0.05) is 15.8 Å². The SMILES string of the molecule is CC1(C)S[C@@H]2C(NC(=O)Cc3ccccc3NC(=O)c3cc4cc(C(=O)O)ccc4oc3=O)C(=O)N2[C@H]1C(=O)O. The first-order valence-electron chi connectivity index (χ1n) is 12.1. The Kier molecular flexibility index (Phi) is 6.62. The highest BCUT2D eigenvalue weighted by atomic mass is 32.2. The lowest BCUT2D eigenvalue weighted by molar-refractivity contribution is -0.161. The number of fused-ring (bicyclic) bond motifs is 2. The van der Waals surface area contributed by atoms with E-state index >= 15 is 0 Å². The van der Waals surface area contributed by atoms with Crippen LogP contribution in [0.15, 0.2) is 57.7 Å². The summed E-state index contributed by atoms with van der Waals surface area (Å²) in [6, 6.07) is 9.65. The highest BCUT2D eigenvalue weighted by Crippen LogP contribution is 2.50. The molecule has 0 saturated carbocycles. The van der Waals surface area contributed by atoms with Crippen LogP contribution in [0.25, 0.3) is 11.0 Å². The van der Waals surface area contributed by atoms with Gasteiger partial charge >= 0.3 is 17.6 Å². The molecule has 2 aliphatic rings. The van der Waals surface area contributed by atoms with Gasteiger partial charge in [-0.05, 0) is 49.7 Å². The molecule has 3 atom stereocenters. The Balaban J connectivity index is 1.30. The van der Waals surface area contributed by atoms with Crippen molar-refractivity contribution in [2.24, 2.45) is 0 Å². The topological polar surface area (TPSA) is 183 Å². The van der Waals surface area contributed by atoms with Gasteiger partial charge in [-0.1, -0.05) is 18.2 Å². The zero-order valence-electron chi connectivity index (χ0n) is 21.2. The summed E-state index contributed by atoms with van der Waals surface area (Å²) in [5.74, 6) is -4.09. The first-order chi connectivity index (χ1) is 18.9. The molecule has 5 rings (SSSR count). The number of carbonyl (C=O) groups excluding carboxylic acids is 3. The predicted octanol–water partition coefficient (Wildman–Crippen LogP) is 1.92. The largest absolute Gasteiger partial charge is 0.480 e. The maximum absolute atomic E-state index is 13.0. The zero-order chi connectivity index (χ0) is 28.9. The number of rotatable bonds is 7. The summed E-state index contributed by atoms with van der Waals surface area (Å²) in [6.45, 7) is 3.47. The molecule has 2 aromatic carbocycles. The van der Waals surface area contributed by atoms with Crippen LogP contribution in [0.1, 0.15) is 40.1 Å². The summed E-state index contributed by atoms with van der Waals surface area (Å²) < 4.78 is 4.45. The van der Waals surface area contributed by atoms with Crippen molar-refractivity contribution < 1.29 is 38.6 Å². The molecule has 0 bridgehead atoms. The fraction of sp³-hybridized carbons (Fsp3) is 0.259. The van der Waals surface area contributed by atoms with Gasteiger partial charge in [0.25, 0.3) is 5.91 Å². The molecule has 2 saturated heterocycles. The molecule has 1 unspecified atom stereocenters. The van der Waals surface area contributed by atoms with Crippen LogP contribution in [0.2, 0.25) is 0 Å². The molecule has 0 aliphatic carbocycles. The Bertz CT molecular complexity index is 1660. The van der Waals surface area contributed by atoms with E-state index in [1.165, 1.54) is 47.0 Å². The minimum Gasteiger partial charge on any atom is -0.480 e. The molecule has 3 aromatic rings. The first-order valence-corrected chi connectivity index (χ1v) is 13.0. The third kappa shape index (κ3) is 4.68. The van der Waals surface area contributed by atoms with Crippen molar-refractivity contribution in [3.63, 3.8) is 0 Å². The van der Waals surface area contributed by atoms with Gasteiger partial charge in [-0.25, -0.2) is 14.4 Å². The number of amides is 3. The van der Waals surface area contributed by atoms with E-state index < -0.39 is 57.5 Å². The summed E-state index contributed by atoms with van der Waals surface area (Å²) in [7, 11) is 0. The summed E-state index contributed by atoms with van der Waals surface area (Å²) >= 11 is 1.31. The van der Waals surface area contributed by atoms with Gasteiger partial charge in [-0.3, -0.25) is 14.4 Å². The lowest BCUT2D eigenvalue weighted by Crippen LogP contribution is -2.70. The minimum atomic E-state index is -1.18. The monoisotopic (exact) mass is 565 g/mol. The number of para-hydroxylation sites is 1. The third-order valence-electron chi connectivity index (χ3n) is 6.83. The normalized spacial score (nSPS) is 20.9. The van der Waals surface area contributed by atoms with Crippen LogP contribution >= 0.6 is 11.8 Å². The molecular formula is C27H23N3O9S. The summed E-state index contributed by atoms with van der Waals surface area (Å²) in [5.41, 5.74) is -0.568. The molecule has 2 aliphatic heterocycles. The number of benzene rings is 2. The van der Waals surface area contributed by atoms with Gasteiger partial charge in [0.05, 0.1) is 12.0 Å². The molecule has 0 radical (unpaired) electrons. The van der Waals surface area contributed by atoms with E-state index in [4.69, 9.17) is 4.42 Å². The molecule has 1 aromatic heterocycles. The average molecular weight is 566 g/mol. The van der Waals surface area contributed by atoms with Gasteiger partial charge in [-0.2, -0.15) is 0 Å². The standard InChI is InChI=1S/C27H23N3O9S/c1-27(2)20(25(36)37)30-22(33)19(23(30)40-27)29-18(31)11-12-5-3-4-6-16(12)28-21(32)15-10-14-9-13(24(34)35)7-8-17(14)39-26(15)38/h3-10,19-20,23H,11H2,1-2H3,(H,28,32)(H,29,31)(H,34,35)(H,36,37)/t19?,20-,23+/m0/s1. The highest BCUT2D eigenvalue weighted by Gasteiger charge is 2.64. The molecule has 2 fully saturated rings. The van der Waals surface area contributed by atoms with Crippen molar-refractivity contribution >= 4 is 58.1 Å². The van der Waals surface area contributed by atoms with Crippen molar-refractivity contribution in [2.75, 3.05) is 5.32 Å². The number of β-lactam (4-membered cyclic amide) rings is 1. The van der Waals surface area contributed by atoms with Gasteiger partial charge in [-0.15, -0.1) is 11.8 Å². The van der Waals surface area contributed by atoms with E-state index in [0.717, 1.165) is 0 Å². The Morgan fingerprint density at radius 3 is 2.48 bits per heavy atom. The minimum absolute atomic E-state index is 0.0461. The van der Waals surface area contributed by atoms with Crippen LogP contribution in [0.4, 0.5) is 5.69 Å². The van der Waals surface area contributed by atoms with Crippen LogP contribution in [-0.4, -0.2) is 67.0 Å². The van der Waals surface area contributed by atoms with Gasteiger partial charge < -0.3 is 30.2 Å². The molecule has 0 spiro atoms. The molecule has 4 N–H and O–H groups in total. The molecule has 3 heterocycles. The number of aliphatic carboxylic acids is 1. The van der Waals surface area contributed by atoms with Crippen molar-refractivity contribution in [3.05, 3.63) is 75.6 Å².